The van der Waals surface area contributed by atoms with Gasteiger partial charge in [-0.1, -0.05) is 11.6 Å². The van der Waals surface area contributed by atoms with Crippen LogP contribution in [0.2, 0.25) is 5.02 Å². The lowest BCUT2D eigenvalue weighted by Gasteiger charge is -2.00. The summed E-state index contributed by atoms with van der Waals surface area (Å²) in [6.45, 7) is 0. The number of hydrogen-bond donors (Lipinski definition) is 0. The van der Waals surface area contributed by atoms with Gasteiger partial charge < -0.3 is 0 Å². The first-order chi connectivity index (χ1) is 7.27. The zero-order valence-corrected chi connectivity index (χ0v) is 9.26. The van der Waals surface area contributed by atoms with Gasteiger partial charge in [-0.05, 0) is 6.07 Å². The number of carbonyl (C=O) groups is 1. The van der Waals surface area contributed by atoms with Crippen LogP contribution < -0.4 is 0 Å². The van der Waals surface area contributed by atoms with Crippen LogP contribution in [0.3, 0.4) is 0 Å². The highest BCUT2D eigenvalue weighted by molar-refractivity contribution is 7.09. The fourth-order valence-electron chi connectivity index (χ4n) is 1.18. The van der Waals surface area contributed by atoms with Gasteiger partial charge in [-0.15, -0.1) is 11.3 Å². The Bertz CT molecular complexity index is 470. The molecule has 0 unspecified atom stereocenters. The van der Waals surface area contributed by atoms with E-state index in [1.807, 2.05) is 0 Å². The molecule has 0 fully saturated rings. The molecule has 3 nitrogen and oxygen atoms in total. The maximum atomic E-state index is 11.8. The van der Waals surface area contributed by atoms with E-state index in [2.05, 4.69) is 9.97 Å². The highest BCUT2D eigenvalue weighted by Crippen LogP contribution is 2.17. The lowest BCUT2D eigenvalue weighted by Crippen LogP contribution is -2.03. The van der Waals surface area contributed by atoms with Crippen LogP contribution in [0.5, 0.6) is 0 Å². The Morgan fingerprint density at radius 1 is 1.40 bits per heavy atom. The second-order valence-electron chi connectivity index (χ2n) is 2.92. The molecular weight excluding hydrogens is 232 g/mol. The average molecular weight is 239 g/mol. The maximum absolute atomic E-state index is 11.8. The van der Waals surface area contributed by atoms with Gasteiger partial charge in [0.25, 0.3) is 0 Å². The molecule has 0 atom stereocenters. The maximum Gasteiger partial charge on any atom is 0.169 e. The topological polar surface area (TPSA) is 42.9 Å². The molecule has 0 aromatic carbocycles. The second kappa shape index (κ2) is 4.51. The minimum absolute atomic E-state index is 0.00773. The number of nitrogens with zero attached hydrogens (tertiary/aromatic N) is 2. The van der Waals surface area contributed by atoms with Crippen molar-refractivity contribution in [1.29, 1.82) is 0 Å². The van der Waals surface area contributed by atoms with E-state index in [0.29, 0.717) is 17.0 Å². The Hall–Kier alpha value is -1.26. The summed E-state index contributed by atoms with van der Waals surface area (Å²) in [6.07, 6.45) is 5.07. The van der Waals surface area contributed by atoms with Gasteiger partial charge in [0.2, 0.25) is 0 Å². The van der Waals surface area contributed by atoms with E-state index in [1.54, 1.807) is 24.0 Å². The molecule has 0 aliphatic carbocycles. The highest BCUT2D eigenvalue weighted by Gasteiger charge is 2.11. The molecule has 0 amide bonds. The lowest BCUT2D eigenvalue weighted by atomic mass is 10.1. The van der Waals surface area contributed by atoms with Gasteiger partial charge in [-0.2, -0.15) is 0 Å². The molecule has 15 heavy (non-hydrogen) atoms. The van der Waals surface area contributed by atoms with E-state index >= 15 is 0 Å². The predicted octanol–water partition coefficient (Wildman–Crippen LogP) is 2.62. The molecule has 0 spiro atoms. The van der Waals surface area contributed by atoms with Crippen LogP contribution in [0, 0.1) is 0 Å². The van der Waals surface area contributed by atoms with Crippen molar-refractivity contribution < 1.29 is 4.79 Å². The number of thiazole rings is 1. The first-order valence-electron chi connectivity index (χ1n) is 4.27. The molecule has 0 radical (unpaired) electrons. The van der Waals surface area contributed by atoms with Crippen molar-refractivity contribution in [1.82, 2.24) is 9.97 Å². The van der Waals surface area contributed by atoms with Crippen molar-refractivity contribution >= 4 is 28.7 Å². The molecule has 76 valence electrons. The van der Waals surface area contributed by atoms with Crippen LogP contribution in [-0.4, -0.2) is 15.8 Å². The van der Waals surface area contributed by atoms with Gasteiger partial charge in [-0.3, -0.25) is 14.8 Å². The molecule has 0 aliphatic heterocycles. The summed E-state index contributed by atoms with van der Waals surface area (Å²) in [5.74, 6) is -0.00773. The van der Waals surface area contributed by atoms with Crippen molar-refractivity contribution in [2.45, 2.75) is 6.42 Å². The number of carbonyl (C=O) groups excluding carboxylic acids is 1. The summed E-state index contributed by atoms with van der Waals surface area (Å²) in [4.78, 5) is 20.5. The molecule has 2 aromatic heterocycles. The summed E-state index contributed by atoms with van der Waals surface area (Å²) in [5.41, 5.74) is 2.22. The molecule has 0 saturated carbocycles. The molecule has 2 aromatic rings. The van der Waals surface area contributed by atoms with Crippen LogP contribution in [0.25, 0.3) is 0 Å². The number of rotatable bonds is 3. The highest BCUT2D eigenvalue weighted by atomic mass is 35.5. The molecular formula is C10H7ClN2OS. The summed E-state index contributed by atoms with van der Waals surface area (Å²) in [5, 5.41) is 0.395. The minimum Gasteiger partial charge on any atom is -0.294 e. The fourth-order valence-corrected chi connectivity index (χ4v) is 2.00. The summed E-state index contributed by atoms with van der Waals surface area (Å²) in [6, 6.07) is 1.63. The Kier molecular flexibility index (Phi) is 3.08. The third kappa shape index (κ3) is 2.40. The fraction of sp³-hybridized carbons (Fsp3) is 0.100. The van der Waals surface area contributed by atoms with E-state index in [0.717, 1.165) is 4.88 Å². The van der Waals surface area contributed by atoms with Gasteiger partial charge in [0.15, 0.2) is 5.78 Å². The van der Waals surface area contributed by atoms with Gasteiger partial charge in [0, 0.05) is 35.5 Å². The third-order valence-electron chi connectivity index (χ3n) is 1.89. The van der Waals surface area contributed by atoms with Gasteiger partial charge in [0.1, 0.15) is 0 Å². The van der Waals surface area contributed by atoms with Crippen LogP contribution in [0.4, 0.5) is 0 Å². The average Bonchev–Trinajstić information content (AvgIpc) is 2.71. The van der Waals surface area contributed by atoms with Crippen molar-refractivity contribution in [2.75, 3.05) is 0 Å². The van der Waals surface area contributed by atoms with Crippen LogP contribution >= 0.6 is 22.9 Å². The molecule has 5 heteroatoms. The molecule has 0 N–H and O–H groups in total. The predicted molar refractivity (Wildman–Crippen MR) is 59.4 cm³/mol. The molecule has 0 saturated heterocycles. The van der Waals surface area contributed by atoms with Crippen LogP contribution in [0.1, 0.15) is 15.2 Å². The molecule has 0 bridgehead atoms. The van der Waals surface area contributed by atoms with E-state index in [1.165, 1.54) is 17.5 Å². The van der Waals surface area contributed by atoms with E-state index in [9.17, 15) is 4.79 Å². The Morgan fingerprint density at radius 3 is 2.93 bits per heavy atom. The monoisotopic (exact) mass is 238 g/mol. The number of hydrogen-bond acceptors (Lipinski definition) is 4. The standard InChI is InChI=1S/C10H7ClN2OS/c11-9-5-12-2-1-8(9)10(14)3-7-4-13-6-15-7/h1-2,4-6H,3H2. The van der Waals surface area contributed by atoms with Gasteiger partial charge >= 0.3 is 0 Å². The van der Waals surface area contributed by atoms with Crippen molar-refractivity contribution in [3.63, 3.8) is 0 Å². The smallest absolute Gasteiger partial charge is 0.169 e. The number of pyridine rings is 1. The van der Waals surface area contributed by atoms with E-state index in [4.69, 9.17) is 11.6 Å². The van der Waals surface area contributed by atoms with Gasteiger partial charge in [-0.25, -0.2) is 0 Å². The van der Waals surface area contributed by atoms with Crippen LogP contribution in [-0.2, 0) is 6.42 Å². The SMILES string of the molecule is O=C(Cc1cncs1)c1ccncc1Cl. The molecule has 0 aliphatic rings. The van der Waals surface area contributed by atoms with Crippen LogP contribution in [0.15, 0.2) is 30.2 Å². The summed E-state index contributed by atoms with van der Waals surface area (Å²) in [7, 11) is 0. The largest absolute Gasteiger partial charge is 0.294 e. The zero-order valence-electron chi connectivity index (χ0n) is 7.68. The van der Waals surface area contributed by atoms with Gasteiger partial charge in [0.05, 0.1) is 10.5 Å². The Balaban J connectivity index is 2.19. The summed E-state index contributed by atoms with van der Waals surface area (Å²) < 4.78 is 0. The Morgan fingerprint density at radius 2 is 2.27 bits per heavy atom. The first kappa shape index (κ1) is 10.3. The quantitative estimate of drug-likeness (QED) is 0.772. The van der Waals surface area contributed by atoms with E-state index in [-0.39, 0.29) is 5.78 Å². The third-order valence-corrected chi connectivity index (χ3v) is 2.97. The minimum atomic E-state index is -0.00773. The molecule has 2 heterocycles. The molecule has 2 rings (SSSR count). The van der Waals surface area contributed by atoms with Crippen molar-refractivity contribution in [3.8, 4) is 0 Å². The van der Waals surface area contributed by atoms with E-state index < -0.39 is 0 Å². The number of ketones is 1. The van der Waals surface area contributed by atoms with Crippen molar-refractivity contribution in [3.05, 3.63) is 45.6 Å². The second-order valence-corrected chi connectivity index (χ2v) is 4.30. The lowest BCUT2D eigenvalue weighted by molar-refractivity contribution is 0.0994. The number of Topliss-reactive ketones (excluding diaryl/α,β-unsaturated/α-hetero) is 1. The Labute approximate surface area is 95.8 Å². The zero-order chi connectivity index (χ0) is 10.7. The number of aromatic nitrogens is 2. The van der Waals surface area contributed by atoms with Crippen molar-refractivity contribution in [2.24, 2.45) is 0 Å². The number of halogens is 1. The normalized spacial score (nSPS) is 10.2. The first-order valence-corrected chi connectivity index (χ1v) is 5.53. The summed E-state index contributed by atoms with van der Waals surface area (Å²) >= 11 is 7.32.